The first-order chi connectivity index (χ1) is 13.4. The predicted molar refractivity (Wildman–Crippen MR) is 105 cm³/mol. The lowest BCUT2D eigenvalue weighted by atomic mass is 10.1. The molecule has 0 bridgehead atoms. The molecule has 1 fully saturated rings. The molecule has 3 rings (SSSR count). The van der Waals surface area contributed by atoms with Gasteiger partial charge < -0.3 is 14.4 Å². The molecule has 0 unspecified atom stereocenters. The molecule has 0 aromatic heterocycles. The molecule has 1 amide bonds. The van der Waals surface area contributed by atoms with Gasteiger partial charge in [0, 0.05) is 24.2 Å². The topological polar surface area (TPSA) is 72.9 Å². The van der Waals surface area contributed by atoms with Crippen molar-refractivity contribution in [3.05, 3.63) is 58.6 Å². The first kappa shape index (κ1) is 19.9. The highest BCUT2D eigenvalue weighted by Crippen LogP contribution is 2.27. The maximum Gasteiger partial charge on any atom is 0.311 e. The second-order valence-corrected chi connectivity index (χ2v) is 7.03. The number of Topliss-reactive ketones (excluding diaryl/α,β-unsaturated/α-hetero) is 1. The average molecular weight is 402 g/mol. The van der Waals surface area contributed by atoms with Crippen LogP contribution < -0.4 is 9.64 Å². The van der Waals surface area contributed by atoms with Gasteiger partial charge >= 0.3 is 5.97 Å². The number of carbonyl (C=O) groups excluding carboxylic acids is 3. The summed E-state index contributed by atoms with van der Waals surface area (Å²) in [6, 6.07) is 12.1. The van der Waals surface area contributed by atoms with Crippen molar-refractivity contribution in [2.24, 2.45) is 5.92 Å². The summed E-state index contributed by atoms with van der Waals surface area (Å²) in [7, 11) is 1.48. The number of hydrogen-bond donors (Lipinski definition) is 0. The third-order valence-corrected chi connectivity index (χ3v) is 4.92. The van der Waals surface area contributed by atoms with E-state index in [0.717, 1.165) is 11.3 Å². The van der Waals surface area contributed by atoms with Crippen LogP contribution in [0.2, 0.25) is 5.02 Å². The first-order valence-corrected chi connectivity index (χ1v) is 9.17. The average Bonchev–Trinajstić information content (AvgIpc) is 3.08. The highest BCUT2D eigenvalue weighted by atomic mass is 35.5. The van der Waals surface area contributed by atoms with Crippen LogP contribution >= 0.6 is 11.6 Å². The number of rotatable bonds is 6. The van der Waals surface area contributed by atoms with Crippen LogP contribution in [-0.2, 0) is 14.3 Å². The van der Waals surface area contributed by atoms with Gasteiger partial charge in [0.2, 0.25) is 5.91 Å². The van der Waals surface area contributed by atoms with Crippen molar-refractivity contribution in [2.45, 2.75) is 13.3 Å². The lowest BCUT2D eigenvalue weighted by Gasteiger charge is -2.16. The first-order valence-electron chi connectivity index (χ1n) is 8.79. The zero-order chi connectivity index (χ0) is 20.3. The van der Waals surface area contributed by atoms with E-state index in [9.17, 15) is 14.4 Å². The largest absolute Gasteiger partial charge is 0.495 e. The lowest BCUT2D eigenvalue weighted by Crippen LogP contribution is -2.27. The fourth-order valence-corrected chi connectivity index (χ4v) is 3.28. The number of aryl methyl sites for hydroxylation is 1. The Balaban J connectivity index is 1.58. The van der Waals surface area contributed by atoms with Gasteiger partial charge in [0.15, 0.2) is 12.4 Å². The Morgan fingerprint density at radius 2 is 1.89 bits per heavy atom. The lowest BCUT2D eigenvalue weighted by molar-refractivity contribution is -0.147. The molecule has 6 nitrogen and oxygen atoms in total. The molecule has 1 aliphatic heterocycles. The van der Waals surface area contributed by atoms with Crippen LogP contribution in [0.3, 0.4) is 0 Å². The smallest absolute Gasteiger partial charge is 0.311 e. The molecule has 0 aliphatic carbocycles. The molecule has 1 saturated heterocycles. The molecular weight excluding hydrogens is 382 g/mol. The summed E-state index contributed by atoms with van der Waals surface area (Å²) in [5, 5.41) is 0.301. The van der Waals surface area contributed by atoms with Gasteiger partial charge in [0.25, 0.3) is 0 Å². The monoisotopic (exact) mass is 401 g/mol. The number of esters is 1. The van der Waals surface area contributed by atoms with Crippen LogP contribution in [0.1, 0.15) is 22.3 Å². The summed E-state index contributed by atoms with van der Waals surface area (Å²) in [4.78, 5) is 38.4. The normalized spacial score (nSPS) is 16.2. The fraction of sp³-hybridized carbons (Fsp3) is 0.286. The van der Waals surface area contributed by atoms with Gasteiger partial charge in [-0.2, -0.15) is 0 Å². The molecular formula is C21H20ClNO5. The van der Waals surface area contributed by atoms with E-state index in [2.05, 4.69) is 0 Å². The van der Waals surface area contributed by atoms with Gasteiger partial charge in [-0.25, -0.2) is 0 Å². The van der Waals surface area contributed by atoms with Gasteiger partial charge in [-0.05, 0) is 37.3 Å². The predicted octanol–water partition coefficient (Wildman–Crippen LogP) is 3.44. The number of benzene rings is 2. The van der Waals surface area contributed by atoms with Crippen LogP contribution in [0.4, 0.5) is 5.69 Å². The molecule has 1 heterocycles. The summed E-state index contributed by atoms with van der Waals surface area (Å²) in [6.07, 6.45) is 0.0647. The molecule has 0 radical (unpaired) electrons. The van der Waals surface area contributed by atoms with Gasteiger partial charge in [-0.15, -0.1) is 0 Å². The number of amides is 1. The van der Waals surface area contributed by atoms with Crippen LogP contribution in [0.5, 0.6) is 5.75 Å². The SMILES string of the molecule is COc1ccc(C(=O)COC(=O)[C@H]2CC(=O)N(c3ccc(C)cc3)C2)cc1Cl. The second kappa shape index (κ2) is 8.44. The van der Waals surface area contributed by atoms with E-state index in [-0.39, 0.29) is 24.7 Å². The Morgan fingerprint density at radius 3 is 2.54 bits per heavy atom. The Morgan fingerprint density at radius 1 is 1.18 bits per heavy atom. The zero-order valence-corrected chi connectivity index (χ0v) is 16.4. The molecule has 28 heavy (non-hydrogen) atoms. The Kier molecular flexibility index (Phi) is 5.99. The Bertz CT molecular complexity index is 910. The maximum atomic E-state index is 12.3. The van der Waals surface area contributed by atoms with E-state index < -0.39 is 18.5 Å². The number of halogens is 1. The van der Waals surface area contributed by atoms with Crippen molar-refractivity contribution in [3.8, 4) is 5.75 Å². The number of nitrogens with zero attached hydrogens (tertiary/aromatic N) is 1. The van der Waals surface area contributed by atoms with Gasteiger partial charge in [-0.3, -0.25) is 14.4 Å². The highest BCUT2D eigenvalue weighted by molar-refractivity contribution is 6.32. The van der Waals surface area contributed by atoms with Crippen molar-refractivity contribution in [1.82, 2.24) is 0 Å². The number of ether oxygens (including phenoxy) is 2. The zero-order valence-electron chi connectivity index (χ0n) is 15.6. The third kappa shape index (κ3) is 4.34. The van der Waals surface area contributed by atoms with E-state index in [1.54, 1.807) is 17.0 Å². The maximum absolute atomic E-state index is 12.3. The fourth-order valence-electron chi connectivity index (χ4n) is 3.02. The summed E-state index contributed by atoms with van der Waals surface area (Å²) in [5.41, 5.74) is 2.15. The summed E-state index contributed by atoms with van der Waals surface area (Å²) < 4.78 is 10.2. The van der Waals surface area contributed by atoms with E-state index in [1.807, 2.05) is 31.2 Å². The van der Waals surface area contributed by atoms with Crippen molar-refractivity contribution in [3.63, 3.8) is 0 Å². The number of methoxy groups -OCH3 is 1. The summed E-state index contributed by atoms with van der Waals surface area (Å²) >= 11 is 6.01. The quantitative estimate of drug-likeness (QED) is 0.547. The minimum Gasteiger partial charge on any atom is -0.495 e. The third-order valence-electron chi connectivity index (χ3n) is 4.62. The van der Waals surface area contributed by atoms with Crippen molar-refractivity contribution in [1.29, 1.82) is 0 Å². The molecule has 2 aromatic rings. The number of hydrogen-bond acceptors (Lipinski definition) is 5. The van der Waals surface area contributed by atoms with Gasteiger partial charge in [0.1, 0.15) is 5.75 Å². The standard InChI is InChI=1S/C21H20ClNO5/c1-13-3-6-16(7-4-13)23-11-15(10-20(23)25)21(26)28-12-18(24)14-5-8-19(27-2)17(22)9-14/h3-9,15H,10-12H2,1-2H3/t15-/m0/s1. The van der Waals surface area contributed by atoms with E-state index in [0.29, 0.717) is 16.3 Å². The van der Waals surface area contributed by atoms with E-state index in [4.69, 9.17) is 21.1 Å². The minimum absolute atomic E-state index is 0.0647. The molecule has 1 aliphatic rings. The second-order valence-electron chi connectivity index (χ2n) is 6.62. The highest BCUT2D eigenvalue weighted by Gasteiger charge is 2.36. The van der Waals surface area contributed by atoms with Crippen molar-refractivity contribution in [2.75, 3.05) is 25.2 Å². The summed E-state index contributed by atoms with van der Waals surface area (Å²) in [5.74, 6) is -1.22. The van der Waals surface area contributed by atoms with Crippen LogP contribution in [0, 0.1) is 12.8 Å². The number of anilines is 1. The van der Waals surface area contributed by atoms with E-state index in [1.165, 1.54) is 13.2 Å². The van der Waals surface area contributed by atoms with Crippen LogP contribution in [0.25, 0.3) is 0 Å². The molecule has 0 saturated carbocycles. The Hall–Kier alpha value is -2.86. The van der Waals surface area contributed by atoms with E-state index >= 15 is 0 Å². The molecule has 0 spiro atoms. The summed E-state index contributed by atoms with van der Waals surface area (Å²) in [6.45, 7) is 1.79. The molecule has 7 heteroatoms. The number of ketones is 1. The van der Waals surface area contributed by atoms with Crippen LogP contribution in [0.15, 0.2) is 42.5 Å². The van der Waals surface area contributed by atoms with Crippen molar-refractivity contribution >= 4 is 34.9 Å². The molecule has 2 aromatic carbocycles. The van der Waals surface area contributed by atoms with Crippen LogP contribution in [-0.4, -0.2) is 37.9 Å². The molecule has 0 N–H and O–H groups in total. The number of carbonyl (C=O) groups is 3. The Labute approximate surface area is 168 Å². The van der Waals surface area contributed by atoms with Crippen molar-refractivity contribution < 1.29 is 23.9 Å². The minimum atomic E-state index is -0.596. The molecule has 1 atom stereocenters. The molecule has 146 valence electrons. The van der Waals surface area contributed by atoms with Gasteiger partial charge in [0.05, 0.1) is 18.1 Å². The van der Waals surface area contributed by atoms with Gasteiger partial charge in [-0.1, -0.05) is 29.3 Å².